The Morgan fingerprint density at radius 3 is 0.855 bits per heavy atom. The fourth-order valence-electron chi connectivity index (χ4n) is 10.2. The van der Waals surface area contributed by atoms with Crippen LogP contribution >= 0.6 is 0 Å². The molecule has 6 nitrogen and oxygen atoms in total. The van der Waals surface area contributed by atoms with Crippen LogP contribution in [0.25, 0.3) is 145 Å². The lowest BCUT2D eigenvalue weighted by molar-refractivity contribution is 1.18. The zero-order valence-electron chi connectivity index (χ0n) is 41.1. The minimum atomic E-state index is 0.657. The summed E-state index contributed by atoms with van der Waals surface area (Å²) in [5.74, 6) is 1.31. The lowest BCUT2D eigenvalue weighted by Crippen LogP contribution is -1.96. The molecule has 0 aliphatic heterocycles. The van der Waals surface area contributed by atoms with Crippen LogP contribution in [-0.2, 0) is 0 Å². The second-order valence-electron chi connectivity index (χ2n) is 19.2. The highest BCUT2D eigenvalue weighted by Crippen LogP contribution is 2.35. The smallest absolute Gasteiger partial charge is 0.160 e. The maximum absolute atomic E-state index is 5.21. The molecule has 0 amide bonds. The first-order chi connectivity index (χ1) is 37.6. The molecule has 0 N–H and O–H groups in total. The molecule has 4 aromatic heterocycles. The van der Waals surface area contributed by atoms with Gasteiger partial charge in [0.25, 0.3) is 0 Å². The Labute approximate surface area is 439 Å². The topological polar surface area (TPSA) is 77.3 Å². The Hall–Kier alpha value is -10.3. The summed E-state index contributed by atoms with van der Waals surface area (Å²) in [5, 5.41) is 6.93. The van der Waals surface area contributed by atoms with Crippen LogP contribution in [0.5, 0.6) is 0 Å². The summed E-state index contributed by atoms with van der Waals surface area (Å²) in [6, 6.07) is 89.1. The van der Waals surface area contributed by atoms with Gasteiger partial charge >= 0.3 is 0 Å². The quantitative estimate of drug-likeness (QED) is 0.143. The van der Waals surface area contributed by atoms with Crippen molar-refractivity contribution in [3.8, 4) is 101 Å². The molecule has 0 bridgehead atoms. The molecule has 14 aromatic rings. The number of para-hydroxylation sites is 2. The molecular formula is C70H44N6. The highest BCUT2D eigenvalue weighted by molar-refractivity contribution is 5.90. The molecule has 4 heterocycles. The van der Waals surface area contributed by atoms with Gasteiger partial charge in [0.05, 0.1) is 33.8 Å². The first-order valence-electron chi connectivity index (χ1n) is 25.5. The molecule has 0 aliphatic carbocycles. The number of hydrogen-bond acceptors (Lipinski definition) is 6. The molecule has 6 heteroatoms. The fourth-order valence-corrected chi connectivity index (χ4v) is 10.2. The van der Waals surface area contributed by atoms with Crippen LogP contribution in [0, 0.1) is 0 Å². The minimum Gasteiger partial charge on any atom is -0.256 e. The van der Waals surface area contributed by atoms with Gasteiger partial charge in [0.1, 0.15) is 0 Å². The van der Waals surface area contributed by atoms with Crippen molar-refractivity contribution in [2.24, 2.45) is 0 Å². The number of aromatic nitrogens is 6. The zero-order valence-corrected chi connectivity index (χ0v) is 41.1. The van der Waals surface area contributed by atoms with Crippen molar-refractivity contribution in [2.75, 3.05) is 0 Å². The largest absolute Gasteiger partial charge is 0.256 e. The van der Waals surface area contributed by atoms with E-state index in [1.807, 2.05) is 48.8 Å². The van der Waals surface area contributed by atoms with Crippen LogP contribution in [0.1, 0.15) is 0 Å². The fraction of sp³-hybridized carbons (Fsp3) is 0. The van der Waals surface area contributed by atoms with Gasteiger partial charge in [0, 0.05) is 67.7 Å². The summed E-state index contributed by atoms with van der Waals surface area (Å²) in [5.41, 5.74) is 17.8. The predicted octanol–water partition coefficient (Wildman–Crippen LogP) is 17.7. The van der Waals surface area contributed by atoms with Crippen molar-refractivity contribution >= 4 is 43.4 Å². The zero-order chi connectivity index (χ0) is 50.4. The van der Waals surface area contributed by atoms with Crippen LogP contribution in [0.2, 0.25) is 0 Å². The Morgan fingerprint density at radius 2 is 0.461 bits per heavy atom. The molecule has 76 heavy (non-hydrogen) atoms. The second kappa shape index (κ2) is 19.0. The van der Waals surface area contributed by atoms with E-state index in [-0.39, 0.29) is 0 Å². The van der Waals surface area contributed by atoms with E-state index in [1.165, 1.54) is 10.8 Å². The van der Waals surface area contributed by atoms with Gasteiger partial charge in [-0.05, 0) is 92.3 Å². The lowest BCUT2D eigenvalue weighted by atomic mass is 10.00. The average molecular weight is 969 g/mol. The number of rotatable bonds is 9. The van der Waals surface area contributed by atoms with E-state index in [1.54, 1.807) is 0 Å². The minimum absolute atomic E-state index is 0.657. The van der Waals surface area contributed by atoms with Crippen molar-refractivity contribution in [2.45, 2.75) is 0 Å². The van der Waals surface area contributed by atoms with Gasteiger partial charge in [-0.25, -0.2) is 19.9 Å². The van der Waals surface area contributed by atoms with E-state index in [9.17, 15) is 0 Å². The Kier molecular flexibility index (Phi) is 11.1. The molecule has 0 unspecified atom stereocenters. The number of benzene rings is 10. The molecule has 14 rings (SSSR count). The van der Waals surface area contributed by atoms with Crippen LogP contribution in [0.3, 0.4) is 0 Å². The molecule has 0 radical (unpaired) electrons. The van der Waals surface area contributed by atoms with Gasteiger partial charge in [-0.15, -0.1) is 0 Å². The Balaban J connectivity index is 0.781. The van der Waals surface area contributed by atoms with Crippen LogP contribution in [0.15, 0.2) is 267 Å². The van der Waals surface area contributed by atoms with Gasteiger partial charge in [-0.2, -0.15) is 0 Å². The van der Waals surface area contributed by atoms with Gasteiger partial charge in [-0.1, -0.05) is 206 Å². The van der Waals surface area contributed by atoms with E-state index in [0.29, 0.717) is 11.6 Å². The molecule has 354 valence electrons. The number of pyridine rings is 2. The molecule has 0 saturated carbocycles. The monoisotopic (exact) mass is 968 g/mol. The molecule has 0 spiro atoms. The van der Waals surface area contributed by atoms with Gasteiger partial charge < -0.3 is 0 Å². The van der Waals surface area contributed by atoms with Crippen molar-refractivity contribution in [1.82, 2.24) is 29.9 Å². The molecule has 0 atom stereocenters. The van der Waals surface area contributed by atoms with E-state index >= 15 is 0 Å². The standard InChI is InChI=1S/C70H44N6/c1-3-11-55-37-59(35-25-45(55)9-1)67-41-65(51-27-17-49(18-28-51)61-39-57-13-5-7-15-63(57)71-43-61)73-69(75-67)53-31-21-47(22-32-53)48-23-33-54(34-24-48)70-74-66(42-68(76-70)60-36-26-46-10-2-4-12-56(46)38-60)52-29-19-50(20-30-52)62-40-58-14-6-8-16-64(58)72-44-62/h1-44H. The molecule has 10 aromatic carbocycles. The molecule has 0 fully saturated rings. The molecular weight excluding hydrogens is 925 g/mol. The predicted molar refractivity (Wildman–Crippen MR) is 312 cm³/mol. The van der Waals surface area contributed by atoms with E-state index in [2.05, 4.69) is 218 Å². The van der Waals surface area contributed by atoms with Crippen molar-refractivity contribution in [1.29, 1.82) is 0 Å². The van der Waals surface area contributed by atoms with E-state index in [0.717, 1.165) is 122 Å². The van der Waals surface area contributed by atoms with Crippen molar-refractivity contribution < 1.29 is 0 Å². The summed E-state index contributed by atoms with van der Waals surface area (Å²) >= 11 is 0. The number of hydrogen-bond donors (Lipinski definition) is 0. The van der Waals surface area contributed by atoms with Crippen molar-refractivity contribution in [3.05, 3.63) is 267 Å². The summed E-state index contributed by atoms with van der Waals surface area (Å²) < 4.78 is 0. The third-order valence-corrected chi connectivity index (χ3v) is 14.4. The number of nitrogens with zero attached hydrogens (tertiary/aromatic N) is 6. The third kappa shape index (κ3) is 8.70. The normalized spacial score (nSPS) is 11.4. The Bertz CT molecular complexity index is 4200. The van der Waals surface area contributed by atoms with Crippen LogP contribution in [-0.4, -0.2) is 29.9 Å². The third-order valence-electron chi connectivity index (χ3n) is 14.4. The highest BCUT2D eigenvalue weighted by Gasteiger charge is 2.15. The SMILES string of the molecule is c1ccc2cc(-c3cc(-c4ccc(-c5cnc6ccccc6c5)cc4)nc(-c4ccc(-c5ccc(-c6nc(-c7ccc(-c8cnc9ccccc9c8)cc7)cc(-c7ccc8ccccc8c7)n6)cc5)cc4)n3)ccc2c1. The first kappa shape index (κ1) is 44.4. The molecule has 0 aliphatic rings. The summed E-state index contributed by atoms with van der Waals surface area (Å²) in [6.45, 7) is 0. The lowest BCUT2D eigenvalue weighted by Gasteiger charge is -2.12. The summed E-state index contributed by atoms with van der Waals surface area (Å²) in [6.07, 6.45) is 3.89. The maximum Gasteiger partial charge on any atom is 0.160 e. The van der Waals surface area contributed by atoms with Gasteiger partial charge in [0.15, 0.2) is 11.6 Å². The highest BCUT2D eigenvalue weighted by atomic mass is 14.9. The molecule has 0 saturated heterocycles. The van der Waals surface area contributed by atoms with Crippen LogP contribution in [0.4, 0.5) is 0 Å². The maximum atomic E-state index is 5.21. The summed E-state index contributed by atoms with van der Waals surface area (Å²) in [4.78, 5) is 30.3. The van der Waals surface area contributed by atoms with E-state index < -0.39 is 0 Å². The van der Waals surface area contributed by atoms with E-state index in [4.69, 9.17) is 29.9 Å². The number of fused-ring (bicyclic) bond motifs is 4. The average Bonchev–Trinajstić information content (AvgIpc) is 3.52. The van der Waals surface area contributed by atoms with Gasteiger partial charge in [0.2, 0.25) is 0 Å². The Morgan fingerprint density at radius 1 is 0.184 bits per heavy atom. The second-order valence-corrected chi connectivity index (χ2v) is 19.2. The van der Waals surface area contributed by atoms with Crippen molar-refractivity contribution in [3.63, 3.8) is 0 Å². The van der Waals surface area contributed by atoms with Crippen LogP contribution < -0.4 is 0 Å². The summed E-state index contributed by atoms with van der Waals surface area (Å²) in [7, 11) is 0. The first-order valence-corrected chi connectivity index (χ1v) is 25.5. The van der Waals surface area contributed by atoms with Gasteiger partial charge in [-0.3, -0.25) is 9.97 Å².